The lowest BCUT2D eigenvalue weighted by molar-refractivity contribution is -0.143. The number of benzene rings is 1. The first-order valence-electron chi connectivity index (χ1n) is 9.18. The normalized spacial score (nSPS) is 18.1. The standard InChI is InChI=1S/C19H25N3O4/c23-17(14-4-2-5-14)21-16-6-1-3-13(11-16)12-20-19(26)22-9-7-15(8-10-22)18(24)25/h1,3,6,11,14-15H,2,4-5,7-10,12H2,(H,20,26)(H,21,23)(H,24,25). The van der Waals surface area contributed by atoms with E-state index in [4.69, 9.17) is 5.11 Å². The van der Waals surface area contributed by atoms with Crippen LogP contribution >= 0.6 is 0 Å². The van der Waals surface area contributed by atoms with E-state index in [0.717, 1.165) is 30.5 Å². The van der Waals surface area contributed by atoms with Gasteiger partial charge in [-0.2, -0.15) is 0 Å². The number of aliphatic carboxylic acids is 1. The van der Waals surface area contributed by atoms with Gasteiger partial charge >= 0.3 is 12.0 Å². The van der Waals surface area contributed by atoms with Crippen molar-refractivity contribution in [2.75, 3.05) is 18.4 Å². The molecule has 140 valence electrons. The van der Waals surface area contributed by atoms with Crippen LogP contribution in [0.5, 0.6) is 0 Å². The molecule has 1 aliphatic carbocycles. The lowest BCUT2D eigenvalue weighted by atomic mass is 9.85. The van der Waals surface area contributed by atoms with E-state index >= 15 is 0 Å². The van der Waals surface area contributed by atoms with Crippen LogP contribution in [-0.4, -0.2) is 41.0 Å². The SMILES string of the molecule is O=C(O)C1CCN(C(=O)NCc2cccc(NC(=O)C3CCC3)c2)CC1. The van der Waals surface area contributed by atoms with Crippen molar-refractivity contribution in [2.24, 2.45) is 11.8 Å². The number of carboxylic acids is 1. The van der Waals surface area contributed by atoms with Gasteiger partial charge in [-0.1, -0.05) is 18.6 Å². The molecule has 26 heavy (non-hydrogen) atoms. The number of likely N-dealkylation sites (tertiary alicyclic amines) is 1. The maximum Gasteiger partial charge on any atom is 0.317 e. The van der Waals surface area contributed by atoms with Gasteiger partial charge in [0.25, 0.3) is 0 Å². The zero-order valence-electron chi connectivity index (χ0n) is 14.7. The number of nitrogens with zero attached hydrogens (tertiary/aromatic N) is 1. The molecule has 7 heteroatoms. The average Bonchev–Trinajstić information content (AvgIpc) is 2.58. The van der Waals surface area contributed by atoms with Crippen molar-refractivity contribution >= 4 is 23.6 Å². The quantitative estimate of drug-likeness (QED) is 0.752. The Kier molecular flexibility index (Phi) is 5.75. The van der Waals surface area contributed by atoms with E-state index in [-0.39, 0.29) is 23.8 Å². The van der Waals surface area contributed by atoms with Crippen molar-refractivity contribution in [3.05, 3.63) is 29.8 Å². The molecule has 0 unspecified atom stereocenters. The van der Waals surface area contributed by atoms with Gasteiger partial charge in [0.1, 0.15) is 0 Å². The van der Waals surface area contributed by atoms with E-state index in [0.29, 0.717) is 32.5 Å². The number of urea groups is 1. The van der Waals surface area contributed by atoms with Crippen LogP contribution in [-0.2, 0) is 16.1 Å². The Morgan fingerprint density at radius 2 is 1.81 bits per heavy atom. The smallest absolute Gasteiger partial charge is 0.317 e. The topological polar surface area (TPSA) is 98.7 Å². The molecule has 0 atom stereocenters. The molecule has 0 radical (unpaired) electrons. The third kappa shape index (κ3) is 4.53. The fourth-order valence-electron chi connectivity index (χ4n) is 3.29. The molecule has 1 aromatic carbocycles. The van der Waals surface area contributed by atoms with Crippen molar-refractivity contribution in [2.45, 2.75) is 38.6 Å². The number of amides is 3. The van der Waals surface area contributed by atoms with E-state index in [2.05, 4.69) is 10.6 Å². The van der Waals surface area contributed by atoms with Crippen molar-refractivity contribution < 1.29 is 19.5 Å². The van der Waals surface area contributed by atoms with Crippen molar-refractivity contribution in [1.82, 2.24) is 10.2 Å². The number of rotatable bonds is 5. The number of piperidine rings is 1. The van der Waals surface area contributed by atoms with Crippen LogP contribution in [0.4, 0.5) is 10.5 Å². The zero-order chi connectivity index (χ0) is 18.5. The lowest BCUT2D eigenvalue weighted by Gasteiger charge is -2.30. The van der Waals surface area contributed by atoms with E-state index < -0.39 is 5.97 Å². The van der Waals surface area contributed by atoms with Gasteiger partial charge in [0, 0.05) is 31.2 Å². The number of carbonyl (C=O) groups is 3. The monoisotopic (exact) mass is 359 g/mol. The van der Waals surface area contributed by atoms with Crippen LogP contribution in [0.3, 0.4) is 0 Å². The van der Waals surface area contributed by atoms with Gasteiger partial charge in [0.05, 0.1) is 5.92 Å². The Morgan fingerprint density at radius 1 is 1.08 bits per heavy atom. The fourth-order valence-corrected chi connectivity index (χ4v) is 3.29. The summed E-state index contributed by atoms with van der Waals surface area (Å²) < 4.78 is 0. The Hall–Kier alpha value is -2.57. The number of anilines is 1. The minimum absolute atomic E-state index is 0.0683. The molecule has 1 aromatic rings. The molecule has 1 aliphatic heterocycles. The number of nitrogens with one attached hydrogen (secondary N) is 2. The second-order valence-electron chi connectivity index (χ2n) is 7.08. The minimum Gasteiger partial charge on any atom is -0.481 e. The Balaban J connectivity index is 1.47. The summed E-state index contributed by atoms with van der Waals surface area (Å²) >= 11 is 0. The summed E-state index contributed by atoms with van der Waals surface area (Å²) in [6.07, 6.45) is 4.02. The van der Waals surface area contributed by atoms with E-state index in [1.54, 1.807) is 4.90 Å². The molecule has 3 amide bonds. The summed E-state index contributed by atoms with van der Waals surface area (Å²) in [5, 5.41) is 14.8. The molecule has 2 fully saturated rings. The summed E-state index contributed by atoms with van der Waals surface area (Å²) in [7, 11) is 0. The number of carboxylic acid groups (broad SMARTS) is 1. The van der Waals surface area contributed by atoms with Gasteiger partial charge in [0.2, 0.25) is 5.91 Å². The zero-order valence-corrected chi connectivity index (χ0v) is 14.7. The van der Waals surface area contributed by atoms with Crippen molar-refractivity contribution in [3.63, 3.8) is 0 Å². The second kappa shape index (κ2) is 8.21. The maximum absolute atomic E-state index is 12.2. The third-order valence-electron chi connectivity index (χ3n) is 5.25. The molecule has 2 aliphatic rings. The summed E-state index contributed by atoms with van der Waals surface area (Å²) in [6.45, 7) is 1.28. The maximum atomic E-state index is 12.2. The Morgan fingerprint density at radius 3 is 2.42 bits per heavy atom. The lowest BCUT2D eigenvalue weighted by Crippen LogP contribution is -2.45. The predicted octanol–water partition coefficient (Wildman–Crippen LogP) is 2.43. The molecule has 0 aromatic heterocycles. The molecule has 1 saturated carbocycles. The van der Waals surface area contributed by atoms with Gasteiger partial charge in [-0.15, -0.1) is 0 Å². The van der Waals surface area contributed by atoms with E-state index in [1.165, 1.54) is 0 Å². The van der Waals surface area contributed by atoms with Crippen molar-refractivity contribution in [1.29, 1.82) is 0 Å². The summed E-state index contributed by atoms with van der Waals surface area (Å²) in [4.78, 5) is 36.9. The van der Waals surface area contributed by atoms with E-state index in [1.807, 2.05) is 24.3 Å². The predicted molar refractivity (Wildman–Crippen MR) is 96.6 cm³/mol. The Bertz CT molecular complexity index is 679. The molecular weight excluding hydrogens is 334 g/mol. The molecule has 0 bridgehead atoms. The largest absolute Gasteiger partial charge is 0.481 e. The fraction of sp³-hybridized carbons (Fsp3) is 0.526. The highest BCUT2D eigenvalue weighted by Crippen LogP contribution is 2.27. The molecule has 0 spiro atoms. The van der Waals surface area contributed by atoms with Crippen LogP contribution in [0.2, 0.25) is 0 Å². The number of carbonyl (C=O) groups excluding carboxylic acids is 2. The van der Waals surface area contributed by atoms with Crippen LogP contribution in [0.15, 0.2) is 24.3 Å². The average molecular weight is 359 g/mol. The first-order chi connectivity index (χ1) is 12.5. The molecule has 3 N–H and O–H groups in total. The van der Waals surface area contributed by atoms with E-state index in [9.17, 15) is 14.4 Å². The molecule has 1 saturated heterocycles. The highest BCUT2D eigenvalue weighted by molar-refractivity contribution is 5.93. The highest BCUT2D eigenvalue weighted by Gasteiger charge is 2.27. The Labute approximate surface area is 152 Å². The summed E-state index contributed by atoms with van der Waals surface area (Å²) in [5.74, 6) is -0.938. The second-order valence-corrected chi connectivity index (χ2v) is 7.08. The van der Waals surface area contributed by atoms with Crippen LogP contribution in [0.25, 0.3) is 0 Å². The van der Waals surface area contributed by atoms with Crippen LogP contribution in [0, 0.1) is 11.8 Å². The van der Waals surface area contributed by atoms with Crippen LogP contribution < -0.4 is 10.6 Å². The summed E-state index contributed by atoms with van der Waals surface area (Å²) in [6, 6.07) is 7.29. The minimum atomic E-state index is -0.786. The first-order valence-corrected chi connectivity index (χ1v) is 9.18. The van der Waals surface area contributed by atoms with Crippen LogP contribution in [0.1, 0.15) is 37.7 Å². The third-order valence-corrected chi connectivity index (χ3v) is 5.25. The molecular formula is C19H25N3O4. The molecule has 3 rings (SSSR count). The molecule has 1 heterocycles. The van der Waals surface area contributed by atoms with Gasteiger partial charge in [0.15, 0.2) is 0 Å². The highest BCUT2D eigenvalue weighted by atomic mass is 16.4. The van der Waals surface area contributed by atoms with Crippen molar-refractivity contribution in [3.8, 4) is 0 Å². The number of hydrogen-bond acceptors (Lipinski definition) is 3. The van der Waals surface area contributed by atoms with Gasteiger partial charge < -0.3 is 20.6 Å². The summed E-state index contributed by atoms with van der Waals surface area (Å²) in [5.41, 5.74) is 1.65. The van der Waals surface area contributed by atoms with Gasteiger partial charge in [-0.05, 0) is 43.4 Å². The van der Waals surface area contributed by atoms with Gasteiger partial charge in [-0.3, -0.25) is 9.59 Å². The van der Waals surface area contributed by atoms with Gasteiger partial charge in [-0.25, -0.2) is 4.79 Å². The first kappa shape index (κ1) is 18.2. The molecule has 7 nitrogen and oxygen atoms in total. The number of hydrogen-bond donors (Lipinski definition) is 3.